The molecule has 0 fully saturated rings. The number of halogens is 1. The van der Waals surface area contributed by atoms with Crippen LogP contribution >= 0.6 is 11.6 Å². The number of amides is 2. The van der Waals surface area contributed by atoms with Crippen LogP contribution in [0.15, 0.2) is 77.5 Å². The summed E-state index contributed by atoms with van der Waals surface area (Å²) in [5.41, 5.74) is 3.17. The van der Waals surface area contributed by atoms with Gasteiger partial charge >= 0.3 is 6.03 Å². The third kappa shape index (κ3) is 3.67. The van der Waals surface area contributed by atoms with Crippen molar-refractivity contribution in [2.75, 3.05) is 6.54 Å². The molecule has 2 heterocycles. The monoisotopic (exact) mass is 406 g/mol. The summed E-state index contributed by atoms with van der Waals surface area (Å²) >= 11 is 6.09. The van der Waals surface area contributed by atoms with Gasteiger partial charge < -0.3 is 9.84 Å². The largest absolute Gasteiger partial charge is 0.334 e. The van der Waals surface area contributed by atoms with Crippen LogP contribution in [0.3, 0.4) is 0 Å². The molecule has 0 saturated heterocycles. The van der Waals surface area contributed by atoms with Gasteiger partial charge in [-0.1, -0.05) is 65.3 Å². The summed E-state index contributed by atoms with van der Waals surface area (Å²) in [7, 11) is 0. The Hall–Kier alpha value is -3.38. The molecule has 0 radical (unpaired) electrons. The highest BCUT2D eigenvalue weighted by molar-refractivity contribution is 6.30. The first-order chi connectivity index (χ1) is 14.1. The lowest BCUT2D eigenvalue weighted by molar-refractivity contribution is 0.209. The van der Waals surface area contributed by atoms with E-state index in [0.29, 0.717) is 23.3 Å². The van der Waals surface area contributed by atoms with Crippen LogP contribution in [0.4, 0.5) is 4.79 Å². The highest BCUT2D eigenvalue weighted by Gasteiger charge is 2.35. The number of rotatable bonds is 5. The number of hydrogen-bond acceptors (Lipinski definition) is 4. The van der Waals surface area contributed by atoms with Crippen molar-refractivity contribution in [3.8, 4) is 11.4 Å². The molecule has 146 valence electrons. The van der Waals surface area contributed by atoms with Gasteiger partial charge in [0.15, 0.2) is 0 Å². The Morgan fingerprint density at radius 3 is 2.76 bits per heavy atom. The molecule has 1 N–H and O–H groups in total. The standard InChI is InChI=1S/C22H19ClN4O2/c1-3-12-27-14(2)18(19(24-22(27)28)15-8-5-4-6-9-15)21-25-20(26-29-21)16-10-7-11-17(23)13-16/h3-11,13,19H,1,12H2,2H3,(H,24,28). The number of carbonyl (C=O) groups is 1. The molecule has 0 bridgehead atoms. The van der Waals surface area contributed by atoms with Gasteiger partial charge in [0.2, 0.25) is 5.82 Å². The lowest BCUT2D eigenvalue weighted by Gasteiger charge is -2.34. The number of carbonyl (C=O) groups excluding carboxylic acids is 1. The topological polar surface area (TPSA) is 71.3 Å². The van der Waals surface area contributed by atoms with Crippen LogP contribution in [-0.4, -0.2) is 27.6 Å². The van der Waals surface area contributed by atoms with Crippen molar-refractivity contribution in [2.24, 2.45) is 0 Å². The van der Waals surface area contributed by atoms with E-state index in [2.05, 4.69) is 22.0 Å². The molecule has 1 aliphatic heterocycles. The molecule has 6 nitrogen and oxygen atoms in total. The fourth-order valence-corrected chi connectivity index (χ4v) is 3.57. The summed E-state index contributed by atoms with van der Waals surface area (Å²) < 4.78 is 5.62. The van der Waals surface area contributed by atoms with Gasteiger partial charge in [-0.05, 0) is 24.6 Å². The summed E-state index contributed by atoms with van der Waals surface area (Å²) in [4.78, 5) is 18.9. The molecule has 0 aliphatic carbocycles. The van der Waals surface area contributed by atoms with Gasteiger partial charge in [-0.15, -0.1) is 6.58 Å². The lowest BCUT2D eigenvalue weighted by Crippen LogP contribution is -2.46. The van der Waals surface area contributed by atoms with Crippen LogP contribution in [0.25, 0.3) is 17.0 Å². The van der Waals surface area contributed by atoms with Crippen LogP contribution in [-0.2, 0) is 0 Å². The second kappa shape index (κ2) is 7.93. The van der Waals surface area contributed by atoms with Crippen LogP contribution < -0.4 is 5.32 Å². The van der Waals surface area contributed by atoms with Gasteiger partial charge in [-0.2, -0.15) is 4.98 Å². The van der Waals surface area contributed by atoms with E-state index in [9.17, 15) is 4.79 Å². The molecule has 1 atom stereocenters. The minimum absolute atomic E-state index is 0.199. The van der Waals surface area contributed by atoms with Crippen molar-refractivity contribution >= 4 is 23.2 Å². The lowest BCUT2D eigenvalue weighted by atomic mass is 9.95. The fraction of sp³-hybridized carbons (Fsp3) is 0.136. The molecule has 1 unspecified atom stereocenters. The molecule has 0 saturated carbocycles. The van der Waals surface area contributed by atoms with Gasteiger partial charge in [0, 0.05) is 22.8 Å². The zero-order valence-corrected chi connectivity index (χ0v) is 16.6. The summed E-state index contributed by atoms with van der Waals surface area (Å²) in [6, 6.07) is 16.3. The van der Waals surface area contributed by atoms with E-state index < -0.39 is 6.04 Å². The van der Waals surface area contributed by atoms with Gasteiger partial charge in [0.05, 0.1) is 11.6 Å². The highest BCUT2D eigenvalue weighted by Crippen LogP contribution is 2.37. The molecule has 1 aliphatic rings. The van der Waals surface area contributed by atoms with Crippen molar-refractivity contribution in [2.45, 2.75) is 13.0 Å². The van der Waals surface area contributed by atoms with E-state index in [4.69, 9.17) is 16.1 Å². The normalized spacial score (nSPS) is 16.7. The van der Waals surface area contributed by atoms with Crippen molar-refractivity contribution in [1.82, 2.24) is 20.4 Å². The quantitative estimate of drug-likeness (QED) is 0.600. The molecular formula is C22H19ClN4O2. The van der Waals surface area contributed by atoms with Crippen LogP contribution in [0, 0.1) is 0 Å². The Morgan fingerprint density at radius 1 is 1.24 bits per heavy atom. The Balaban J connectivity index is 1.82. The maximum Gasteiger partial charge on any atom is 0.322 e. The fourth-order valence-electron chi connectivity index (χ4n) is 3.38. The third-order valence-corrected chi connectivity index (χ3v) is 5.02. The molecule has 1 aromatic heterocycles. The van der Waals surface area contributed by atoms with E-state index in [-0.39, 0.29) is 6.03 Å². The average Bonchev–Trinajstić information content (AvgIpc) is 3.21. The number of aromatic nitrogens is 2. The SMILES string of the molecule is C=CCN1C(=O)NC(c2ccccc2)C(c2nc(-c3cccc(Cl)c3)no2)=C1C. The molecule has 7 heteroatoms. The zero-order valence-electron chi connectivity index (χ0n) is 15.8. The number of urea groups is 1. The van der Waals surface area contributed by atoms with Crippen molar-refractivity contribution in [3.63, 3.8) is 0 Å². The molecule has 4 rings (SSSR count). The summed E-state index contributed by atoms with van der Waals surface area (Å²) in [5.74, 6) is 0.780. The predicted octanol–water partition coefficient (Wildman–Crippen LogP) is 5.07. The number of allylic oxidation sites excluding steroid dienone is 1. The Bertz CT molecular complexity index is 1090. The van der Waals surface area contributed by atoms with E-state index in [1.54, 1.807) is 23.1 Å². The minimum Gasteiger partial charge on any atom is -0.334 e. The summed E-state index contributed by atoms with van der Waals surface area (Å²) in [6.07, 6.45) is 1.68. The van der Waals surface area contributed by atoms with Gasteiger partial charge in [-0.25, -0.2) is 4.79 Å². The first-order valence-corrected chi connectivity index (χ1v) is 9.51. The Morgan fingerprint density at radius 2 is 2.03 bits per heavy atom. The Labute approximate surface area is 173 Å². The van der Waals surface area contributed by atoms with E-state index in [0.717, 1.165) is 22.4 Å². The minimum atomic E-state index is -0.405. The first-order valence-electron chi connectivity index (χ1n) is 9.13. The predicted molar refractivity (Wildman–Crippen MR) is 112 cm³/mol. The van der Waals surface area contributed by atoms with E-state index in [1.165, 1.54) is 0 Å². The van der Waals surface area contributed by atoms with Crippen LogP contribution in [0.1, 0.15) is 24.4 Å². The van der Waals surface area contributed by atoms with Crippen molar-refractivity contribution in [3.05, 3.63) is 89.4 Å². The van der Waals surface area contributed by atoms with Crippen molar-refractivity contribution < 1.29 is 9.32 Å². The van der Waals surface area contributed by atoms with Crippen LogP contribution in [0.2, 0.25) is 5.02 Å². The number of benzene rings is 2. The summed E-state index contributed by atoms with van der Waals surface area (Å²) in [6.45, 7) is 5.99. The van der Waals surface area contributed by atoms with Crippen molar-refractivity contribution in [1.29, 1.82) is 0 Å². The third-order valence-electron chi connectivity index (χ3n) is 4.78. The molecular weight excluding hydrogens is 388 g/mol. The molecule has 29 heavy (non-hydrogen) atoms. The van der Waals surface area contributed by atoms with Crippen LogP contribution in [0.5, 0.6) is 0 Å². The first kappa shape index (κ1) is 19.0. The second-order valence-electron chi connectivity index (χ2n) is 6.63. The Kier molecular flexibility index (Phi) is 5.18. The number of hydrogen-bond donors (Lipinski definition) is 1. The van der Waals surface area contributed by atoms with Gasteiger partial charge in [-0.3, -0.25) is 4.90 Å². The average molecular weight is 407 g/mol. The van der Waals surface area contributed by atoms with Gasteiger partial charge in [0.25, 0.3) is 5.89 Å². The molecule has 2 aromatic carbocycles. The van der Waals surface area contributed by atoms with Gasteiger partial charge in [0.1, 0.15) is 0 Å². The molecule has 2 amide bonds. The maximum atomic E-state index is 12.7. The van der Waals surface area contributed by atoms with E-state index in [1.807, 2.05) is 49.4 Å². The number of nitrogens with one attached hydrogen (secondary N) is 1. The maximum absolute atomic E-state index is 12.7. The summed E-state index contributed by atoms with van der Waals surface area (Å²) in [5, 5.41) is 7.75. The highest BCUT2D eigenvalue weighted by atomic mass is 35.5. The zero-order chi connectivity index (χ0) is 20.4. The smallest absolute Gasteiger partial charge is 0.322 e. The molecule has 3 aromatic rings. The number of nitrogens with zero attached hydrogens (tertiary/aromatic N) is 3. The van der Waals surface area contributed by atoms with E-state index >= 15 is 0 Å². The second-order valence-corrected chi connectivity index (χ2v) is 7.06. The molecule has 0 spiro atoms.